The van der Waals surface area contributed by atoms with Crippen molar-refractivity contribution >= 4 is 5.91 Å². The smallest absolute Gasteiger partial charge is 0.287 e. The summed E-state index contributed by atoms with van der Waals surface area (Å²) in [5, 5.41) is 6.70. The summed E-state index contributed by atoms with van der Waals surface area (Å²) in [6.45, 7) is 2.85. The van der Waals surface area contributed by atoms with Crippen LogP contribution in [-0.2, 0) is 0 Å². The molecule has 2 heterocycles. The first-order valence-electron chi connectivity index (χ1n) is 6.79. The van der Waals surface area contributed by atoms with Gasteiger partial charge < -0.3 is 15.1 Å². The van der Waals surface area contributed by atoms with Crippen LogP contribution in [0.25, 0.3) is 0 Å². The van der Waals surface area contributed by atoms with E-state index in [1.807, 2.05) is 13.0 Å². The lowest BCUT2D eigenvalue weighted by molar-refractivity contribution is 0.0827. The lowest BCUT2D eigenvalue weighted by atomic mass is 9.70. The topological polar surface area (TPSA) is 54.3 Å². The maximum atomic E-state index is 12.0. The fraction of sp³-hybridized carbons (Fsp3) is 0.643. The number of aryl methyl sites for hydroxylation is 1. The van der Waals surface area contributed by atoms with Gasteiger partial charge in [0, 0.05) is 11.6 Å². The molecule has 1 amide bonds. The zero-order chi connectivity index (χ0) is 12.6. The first kappa shape index (κ1) is 11.8. The van der Waals surface area contributed by atoms with E-state index in [0.717, 1.165) is 25.1 Å². The highest BCUT2D eigenvalue weighted by Crippen LogP contribution is 2.38. The van der Waals surface area contributed by atoms with Crippen molar-refractivity contribution in [2.24, 2.45) is 0 Å². The molecular weight excluding hydrogens is 228 g/mol. The van der Waals surface area contributed by atoms with Crippen LogP contribution in [0.3, 0.4) is 0 Å². The Hall–Kier alpha value is -1.29. The zero-order valence-electron chi connectivity index (χ0n) is 10.8. The Morgan fingerprint density at radius 1 is 1.50 bits per heavy atom. The number of rotatable bonds is 2. The molecule has 2 fully saturated rings. The molecule has 0 radical (unpaired) electrons. The highest BCUT2D eigenvalue weighted by Gasteiger charge is 2.41. The maximum Gasteiger partial charge on any atom is 0.287 e. The maximum absolute atomic E-state index is 12.0. The standard InChI is InChI=1S/C14H20N2O2/c1-10-3-4-12(18-10)13(17)16-11-5-8-15-14(9-11)6-2-7-14/h3-4,11,15H,2,5-9H2,1H3,(H,16,17). The van der Waals surface area contributed by atoms with Crippen LogP contribution in [0.4, 0.5) is 0 Å². The van der Waals surface area contributed by atoms with Gasteiger partial charge in [0.2, 0.25) is 0 Å². The molecule has 1 aliphatic carbocycles. The largest absolute Gasteiger partial charge is 0.456 e. The molecule has 2 aliphatic rings. The van der Waals surface area contributed by atoms with E-state index >= 15 is 0 Å². The number of piperidine rings is 1. The van der Waals surface area contributed by atoms with Crippen LogP contribution < -0.4 is 10.6 Å². The van der Waals surface area contributed by atoms with Crippen molar-refractivity contribution in [1.82, 2.24) is 10.6 Å². The third kappa shape index (κ3) is 2.17. The van der Waals surface area contributed by atoms with Gasteiger partial charge >= 0.3 is 0 Å². The first-order chi connectivity index (χ1) is 8.67. The Morgan fingerprint density at radius 3 is 2.94 bits per heavy atom. The fourth-order valence-corrected chi connectivity index (χ4v) is 3.08. The minimum Gasteiger partial charge on any atom is -0.456 e. The van der Waals surface area contributed by atoms with Crippen LogP contribution in [-0.4, -0.2) is 24.0 Å². The van der Waals surface area contributed by atoms with Crippen molar-refractivity contribution in [2.75, 3.05) is 6.54 Å². The van der Waals surface area contributed by atoms with Crippen molar-refractivity contribution < 1.29 is 9.21 Å². The van der Waals surface area contributed by atoms with Crippen LogP contribution in [0.15, 0.2) is 16.5 Å². The van der Waals surface area contributed by atoms with Crippen molar-refractivity contribution in [3.8, 4) is 0 Å². The highest BCUT2D eigenvalue weighted by molar-refractivity contribution is 5.91. The molecule has 4 nitrogen and oxygen atoms in total. The number of carbonyl (C=O) groups excluding carboxylic acids is 1. The van der Waals surface area contributed by atoms with Gasteiger partial charge in [0.05, 0.1) is 0 Å². The van der Waals surface area contributed by atoms with E-state index in [1.54, 1.807) is 6.07 Å². The molecule has 98 valence electrons. The first-order valence-corrected chi connectivity index (χ1v) is 6.79. The van der Waals surface area contributed by atoms with Gasteiger partial charge in [-0.25, -0.2) is 0 Å². The SMILES string of the molecule is Cc1ccc(C(=O)NC2CCNC3(CCC3)C2)o1. The van der Waals surface area contributed by atoms with Crippen LogP contribution >= 0.6 is 0 Å². The van der Waals surface area contributed by atoms with Crippen LogP contribution in [0.2, 0.25) is 0 Å². The molecule has 18 heavy (non-hydrogen) atoms. The summed E-state index contributed by atoms with van der Waals surface area (Å²) in [5.41, 5.74) is 0.315. The van der Waals surface area contributed by atoms with Crippen molar-refractivity contribution in [1.29, 1.82) is 0 Å². The molecule has 2 N–H and O–H groups in total. The number of hydrogen-bond acceptors (Lipinski definition) is 3. The number of hydrogen-bond donors (Lipinski definition) is 2. The molecule has 1 aliphatic heterocycles. The molecule has 1 saturated heterocycles. The minimum atomic E-state index is -0.0792. The Bertz CT molecular complexity index is 448. The normalized spacial score (nSPS) is 25.7. The second-order valence-corrected chi connectivity index (χ2v) is 5.63. The summed E-state index contributed by atoms with van der Waals surface area (Å²) in [6.07, 6.45) is 5.87. The van der Waals surface area contributed by atoms with Crippen molar-refractivity contribution in [3.05, 3.63) is 23.7 Å². The van der Waals surface area contributed by atoms with Gasteiger partial charge in [-0.3, -0.25) is 4.79 Å². The molecule has 1 aromatic heterocycles. The second-order valence-electron chi connectivity index (χ2n) is 5.63. The molecular formula is C14H20N2O2. The summed E-state index contributed by atoms with van der Waals surface area (Å²) in [7, 11) is 0. The summed E-state index contributed by atoms with van der Waals surface area (Å²) < 4.78 is 5.35. The molecule has 1 saturated carbocycles. The van der Waals surface area contributed by atoms with Gasteiger partial charge in [-0.1, -0.05) is 0 Å². The zero-order valence-corrected chi connectivity index (χ0v) is 10.8. The van der Waals surface area contributed by atoms with Gasteiger partial charge in [0.15, 0.2) is 5.76 Å². The van der Waals surface area contributed by atoms with E-state index in [0.29, 0.717) is 11.3 Å². The number of amides is 1. The van der Waals surface area contributed by atoms with Crippen LogP contribution in [0, 0.1) is 6.92 Å². The predicted octanol–water partition coefficient (Wildman–Crippen LogP) is 1.99. The lowest BCUT2D eigenvalue weighted by Gasteiger charge is -2.48. The molecule has 1 atom stereocenters. The average Bonchev–Trinajstić information content (AvgIpc) is 2.74. The van der Waals surface area contributed by atoms with E-state index in [2.05, 4.69) is 10.6 Å². The molecule has 4 heteroatoms. The molecule has 0 bridgehead atoms. The Morgan fingerprint density at radius 2 is 2.33 bits per heavy atom. The average molecular weight is 248 g/mol. The van der Waals surface area contributed by atoms with E-state index in [1.165, 1.54) is 19.3 Å². The summed E-state index contributed by atoms with van der Waals surface area (Å²) in [4.78, 5) is 12.0. The second kappa shape index (κ2) is 4.43. The molecule has 1 aromatic rings. The summed E-state index contributed by atoms with van der Waals surface area (Å²) in [6, 6.07) is 3.85. The third-order valence-electron chi connectivity index (χ3n) is 4.24. The Labute approximate surface area is 107 Å². The Kier molecular flexibility index (Phi) is 2.90. The quantitative estimate of drug-likeness (QED) is 0.841. The number of nitrogens with one attached hydrogen (secondary N) is 2. The predicted molar refractivity (Wildman–Crippen MR) is 68.5 cm³/mol. The number of furan rings is 1. The van der Waals surface area contributed by atoms with E-state index in [4.69, 9.17) is 4.42 Å². The third-order valence-corrected chi connectivity index (χ3v) is 4.24. The van der Waals surface area contributed by atoms with Gasteiger partial charge in [0.25, 0.3) is 5.91 Å². The molecule has 3 rings (SSSR count). The van der Waals surface area contributed by atoms with Gasteiger partial charge in [0.1, 0.15) is 5.76 Å². The lowest BCUT2D eigenvalue weighted by Crippen LogP contribution is -2.59. The minimum absolute atomic E-state index is 0.0792. The molecule has 1 spiro atoms. The number of carbonyl (C=O) groups is 1. The Balaban J connectivity index is 1.60. The van der Waals surface area contributed by atoms with Gasteiger partial charge in [-0.05, 0) is 57.7 Å². The van der Waals surface area contributed by atoms with E-state index < -0.39 is 0 Å². The van der Waals surface area contributed by atoms with Gasteiger partial charge in [-0.15, -0.1) is 0 Å². The van der Waals surface area contributed by atoms with E-state index in [9.17, 15) is 4.79 Å². The monoisotopic (exact) mass is 248 g/mol. The molecule has 1 unspecified atom stereocenters. The summed E-state index contributed by atoms with van der Waals surface area (Å²) in [5.74, 6) is 1.12. The summed E-state index contributed by atoms with van der Waals surface area (Å²) >= 11 is 0. The van der Waals surface area contributed by atoms with Gasteiger partial charge in [-0.2, -0.15) is 0 Å². The van der Waals surface area contributed by atoms with Crippen molar-refractivity contribution in [2.45, 2.75) is 50.6 Å². The fourth-order valence-electron chi connectivity index (χ4n) is 3.08. The van der Waals surface area contributed by atoms with E-state index in [-0.39, 0.29) is 11.9 Å². The highest BCUT2D eigenvalue weighted by atomic mass is 16.3. The molecule has 0 aromatic carbocycles. The van der Waals surface area contributed by atoms with Crippen LogP contribution in [0.5, 0.6) is 0 Å². The van der Waals surface area contributed by atoms with Crippen LogP contribution in [0.1, 0.15) is 48.4 Å². The van der Waals surface area contributed by atoms with Crippen molar-refractivity contribution in [3.63, 3.8) is 0 Å².